The fourth-order valence-corrected chi connectivity index (χ4v) is 1.73. The highest BCUT2D eigenvalue weighted by atomic mass is 32.2. The molecule has 0 amide bonds. The van der Waals surface area contributed by atoms with Gasteiger partial charge < -0.3 is 15.4 Å². The zero-order valence-corrected chi connectivity index (χ0v) is 10.1. The van der Waals surface area contributed by atoms with Gasteiger partial charge in [0.25, 0.3) is 5.89 Å². The average molecular weight is 251 g/mol. The summed E-state index contributed by atoms with van der Waals surface area (Å²) < 4.78 is 5.09. The summed E-state index contributed by atoms with van der Waals surface area (Å²) in [6.07, 6.45) is 2.01. The maximum absolute atomic E-state index is 8.89. The highest BCUT2D eigenvalue weighted by Gasteiger charge is 2.14. The maximum atomic E-state index is 8.89. The topological polar surface area (TPSA) is 85.2 Å². The van der Waals surface area contributed by atoms with E-state index in [0.717, 1.165) is 5.56 Å². The summed E-state index contributed by atoms with van der Waals surface area (Å²) in [7, 11) is 0. The smallest absolute Gasteiger partial charge is 0.257 e. The number of hydrogen-bond donors (Lipinski definition) is 2. The first-order valence-electron chi connectivity index (χ1n) is 5.09. The molecule has 0 bridgehead atoms. The van der Waals surface area contributed by atoms with Gasteiger partial charge >= 0.3 is 0 Å². The Morgan fingerprint density at radius 1 is 1.41 bits per heavy atom. The van der Waals surface area contributed by atoms with Crippen LogP contribution in [0.15, 0.2) is 33.7 Å². The standard InChI is InChI=1S/C11H13N3O2S/c1-17-8-4-2-7(3-5-8)11-13-10(14-16-11)9(12)6-15/h2-5,9,15H,6,12H2,1H3. The van der Waals surface area contributed by atoms with Gasteiger partial charge in [-0.1, -0.05) is 5.16 Å². The molecule has 0 aliphatic rings. The molecule has 0 aliphatic heterocycles. The van der Waals surface area contributed by atoms with Crippen molar-refractivity contribution in [2.75, 3.05) is 12.9 Å². The summed E-state index contributed by atoms with van der Waals surface area (Å²) in [6.45, 7) is -0.204. The molecule has 6 heteroatoms. The molecule has 1 aromatic carbocycles. The van der Waals surface area contributed by atoms with Crippen LogP contribution in [-0.4, -0.2) is 28.1 Å². The summed E-state index contributed by atoms with van der Waals surface area (Å²) >= 11 is 1.67. The van der Waals surface area contributed by atoms with E-state index in [4.69, 9.17) is 15.4 Å². The lowest BCUT2D eigenvalue weighted by Gasteiger charge is -1.99. The van der Waals surface area contributed by atoms with Gasteiger partial charge in [-0.25, -0.2) is 0 Å². The molecule has 1 aromatic heterocycles. The van der Waals surface area contributed by atoms with Gasteiger partial charge in [0.2, 0.25) is 0 Å². The van der Waals surface area contributed by atoms with Gasteiger partial charge in [-0.05, 0) is 30.5 Å². The van der Waals surface area contributed by atoms with Crippen molar-refractivity contribution in [2.45, 2.75) is 10.9 Å². The molecule has 1 unspecified atom stereocenters. The fraction of sp³-hybridized carbons (Fsp3) is 0.273. The Morgan fingerprint density at radius 2 is 2.12 bits per heavy atom. The minimum atomic E-state index is -0.599. The zero-order valence-electron chi connectivity index (χ0n) is 9.33. The molecule has 2 rings (SSSR count). The zero-order chi connectivity index (χ0) is 12.3. The Balaban J connectivity index is 2.24. The van der Waals surface area contributed by atoms with E-state index in [9.17, 15) is 0 Å². The second-order valence-electron chi connectivity index (χ2n) is 3.48. The van der Waals surface area contributed by atoms with Crippen molar-refractivity contribution >= 4 is 11.8 Å². The molecule has 1 heterocycles. The van der Waals surface area contributed by atoms with Crippen LogP contribution in [0.1, 0.15) is 11.9 Å². The third-order valence-electron chi connectivity index (χ3n) is 2.31. The number of benzene rings is 1. The molecule has 0 saturated heterocycles. The van der Waals surface area contributed by atoms with E-state index in [0.29, 0.717) is 11.7 Å². The summed E-state index contributed by atoms with van der Waals surface area (Å²) in [4.78, 5) is 5.30. The van der Waals surface area contributed by atoms with E-state index in [1.165, 1.54) is 4.90 Å². The lowest BCUT2D eigenvalue weighted by atomic mass is 10.2. The molecule has 2 aromatic rings. The predicted octanol–water partition coefficient (Wildman–Crippen LogP) is 1.45. The second-order valence-corrected chi connectivity index (χ2v) is 4.35. The first-order chi connectivity index (χ1) is 8.24. The highest BCUT2D eigenvalue weighted by molar-refractivity contribution is 7.98. The molecular formula is C11H13N3O2S. The third-order valence-corrected chi connectivity index (χ3v) is 3.05. The Hall–Kier alpha value is -1.37. The van der Waals surface area contributed by atoms with Crippen LogP contribution in [-0.2, 0) is 0 Å². The lowest BCUT2D eigenvalue weighted by molar-refractivity contribution is 0.260. The number of rotatable bonds is 4. The van der Waals surface area contributed by atoms with Crippen LogP contribution >= 0.6 is 11.8 Å². The van der Waals surface area contributed by atoms with Crippen LogP contribution in [0.3, 0.4) is 0 Å². The van der Waals surface area contributed by atoms with E-state index in [1.807, 2.05) is 30.5 Å². The van der Waals surface area contributed by atoms with Gasteiger partial charge in [0, 0.05) is 10.5 Å². The van der Waals surface area contributed by atoms with Crippen LogP contribution in [0.25, 0.3) is 11.5 Å². The molecular weight excluding hydrogens is 238 g/mol. The van der Waals surface area contributed by atoms with E-state index < -0.39 is 6.04 Å². The number of nitrogens with two attached hydrogens (primary N) is 1. The number of nitrogens with zero attached hydrogens (tertiary/aromatic N) is 2. The van der Waals surface area contributed by atoms with Crippen LogP contribution in [0, 0.1) is 0 Å². The average Bonchev–Trinajstić information content (AvgIpc) is 2.87. The third kappa shape index (κ3) is 2.66. The largest absolute Gasteiger partial charge is 0.394 e. The summed E-state index contributed by atoms with van der Waals surface area (Å²) in [5, 5.41) is 12.6. The van der Waals surface area contributed by atoms with Crippen LogP contribution < -0.4 is 5.73 Å². The van der Waals surface area contributed by atoms with Crippen LogP contribution in [0.5, 0.6) is 0 Å². The monoisotopic (exact) mass is 251 g/mol. The van der Waals surface area contributed by atoms with E-state index >= 15 is 0 Å². The van der Waals surface area contributed by atoms with Crippen molar-refractivity contribution in [3.8, 4) is 11.5 Å². The number of thioether (sulfide) groups is 1. The molecule has 5 nitrogen and oxygen atoms in total. The SMILES string of the molecule is CSc1ccc(-c2nc(C(N)CO)no2)cc1. The van der Waals surface area contributed by atoms with E-state index in [2.05, 4.69) is 10.1 Å². The van der Waals surface area contributed by atoms with Gasteiger partial charge in [-0.3, -0.25) is 0 Å². The Kier molecular flexibility index (Phi) is 3.78. The molecule has 0 spiro atoms. The van der Waals surface area contributed by atoms with Crippen LogP contribution in [0.2, 0.25) is 0 Å². The number of hydrogen-bond acceptors (Lipinski definition) is 6. The number of aliphatic hydroxyl groups is 1. The van der Waals surface area contributed by atoms with Crippen molar-refractivity contribution in [3.05, 3.63) is 30.1 Å². The number of aromatic nitrogens is 2. The van der Waals surface area contributed by atoms with E-state index in [1.54, 1.807) is 11.8 Å². The van der Waals surface area contributed by atoms with Crippen molar-refractivity contribution < 1.29 is 9.63 Å². The van der Waals surface area contributed by atoms with Gasteiger partial charge in [0.15, 0.2) is 5.82 Å². The van der Waals surface area contributed by atoms with Crippen molar-refractivity contribution in [1.82, 2.24) is 10.1 Å². The van der Waals surface area contributed by atoms with Gasteiger partial charge in [0.1, 0.15) is 0 Å². The fourth-order valence-electron chi connectivity index (χ4n) is 1.32. The Bertz CT molecular complexity index is 484. The molecule has 1 atom stereocenters. The Labute approximate surface area is 103 Å². The molecule has 0 fully saturated rings. The van der Waals surface area contributed by atoms with Crippen LogP contribution in [0.4, 0.5) is 0 Å². The molecule has 17 heavy (non-hydrogen) atoms. The normalized spacial score (nSPS) is 12.6. The first-order valence-corrected chi connectivity index (χ1v) is 6.31. The lowest BCUT2D eigenvalue weighted by Crippen LogP contribution is -2.15. The van der Waals surface area contributed by atoms with Gasteiger partial charge in [-0.2, -0.15) is 4.98 Å². The summed E-state index contributed by atoms with van der Waals surface area (Å²) in [5.41, 5.74) is 6.43. The molecule has 0 radical (unpaired) electrons. The maximum Gasteiger partial charge on any atom is 0.257 e. The minimum absolute atomic E-state index is 0.204. The molecule has 3 N–H and O–H groups in total. The molecule has 90 valence electrons. The van der Waals surface area contributed by atoms with Crippen molar-refractivity contribution in [1.29, 1.82) is 0 Å². The minimum Gasteiger partial charge on any atom is -0.394 e. The second kappa shape index (κ2) is 5.31. The van der Waals surface area contributed by atoms with Crippen molar-refractivity contribution in [3.63, 3.8) is 0 Å². The van der Waals surface area contributed by atoms with Crippen molar-refractivity contribution in [2.24, 2.45) is 5.73 Å². The quantitative estimate of drug-likeness (QED) is 0.800. The van der Waals surface area contributed by atoms with Gasteiger partial charge in [-0.15, -0.1) is 11.8 Å². The first kappa shape index (κ1) is 12.1. The predicted molar refractivity (Wildman–Crippen MR) is 65.5 cm³/mol. The van der Waals surface area contributed by atoms with E-state index in [-0.39, 0.29) is 6.61 Å². The molecule has 0 aliphatic carbocycles. The Morgan fingerprint density at radius 3 is 2.71 bits per heavy atom. The van der Waals surface area contributed by atoms with Gasteiger partial charge in [0.05, 0.1) is 12.6 Å². The summed E-state index contributed by atoms with van der Waals surface area (Å²) in [6, 6.07) is 7.19. The molecule has 0 saturated carbocycles. The summed E-state index contributed by atoms with van der Waals surface area (Å²) in [5.74, 6) is 0.730. The number of aliphatic hydroxyl groups excluding tert-OH is 1. The highest BCUT2D eigenvalue weighted by Crippen LogP contribution is 2.22.